The fraction of sp³-hybridized carbons (Fsp3) is 0.923. The lowest BCUT2D eigenvalue weighted by molar-refractivity contribution is -0.133. The normalized spacial score (nSPS) is 24.7. The average molecular weight is 466 g/mol. The number of nitrogens with zero attached hydrogens (tertiary/aromatic N) is 2. The Kier molecular flexibility index (Phi) is 9.45. The Morgan fingerprint density at radius 1 is 1.09 bits per heavy atom. The molecule has 2 saturated heterocycles. The maximum Gasteiger partial charge on any atom is 0.410 e. The van der Waals surface area contributed by atoms with Gasteiger partial charge in [0.05, 0.1) is 0 Å². The number of carbonyl (C=O) groups is 2. The van der Waals surface area contributed by atoms with Crippen LogP contribution in [-0.4, -0.2) is 77.9 Å². The van der Waals surface area contributed by atoms with Crippen molar-refractivity contribution in [2.24, 2.45) is 5.92 Å². The quantitative estimate of drug-likeness (QED) is 0.548. The van der Waals surface area contributed by atoms with E-state index in [2.05, 4.69) is 24.1 Å². The van der Waals surface area contributed by atoms with Crippen LogP contribution in [0, 0.1) is 5.92 Å². The van der Waals surface area contributed by atoms with Crippen LogP contribution in [0.15, 0.2) is 0 Å². The Morgan fingerprint density at radius 2 is 1.79 bits per heavy atom. The zero-order valence-corrected chi connectivity index (χ0v) is 21.6. The molecule has 2 amide bonds. The number of ether oxygens (including phenoxy) is 2. The molecule has 2 aliphatic heterocycles. The van der Waals surface area contributed by atoms with Crippen molar-refractivity contribution in [1.29, 1.82) is 0 Å². The largest absolute Gasteiger partial charge is 0.444 e. The van der Waals surface area contributed by atoms with Crippen LogP contribution in [0.2, 0.25) is 0 Å². The Hall–Kier alpha value is -1.34. The molecule has 7 nitrogen and oxygen atoms in total. The molecule has 3 rings (SSSR count). The molecule has 0 unspecified atom stereocenters. The minimum absolute atomic E-state index is 0.178. The SMILES string of the molecule is CC(C)N[C@@H]1CC[C@H](CCCN(C(=O)CC2CCOCC2)C2CC2)N(C(=O)OC(C)(C)C)C1. The van der Waals surface area contributed by atoms with Crippen molar-refractivity contribution >= 4 is 12.0 Å². The van der Waals surface area contributed by atoms with Crippen LogP contribution in [-0.2, 0) is 14.3 Å². The Morgan fingerprint density at radius 3 is 2.39 bits per heavy atom. The fourth-order valence-corrected chi connectivity index (χ4v) is 5.19. The van der Waals surface area contributed by atoms with Crippen molar-refractivity contribution < 1.29 is 19.1 Å². The van der Waals surface area contributed by atoms with E-state index in [0.717, 1.165) is 71.1 Å². The number of rotatable bonds is 9. The lowest BCUT2D eigenvalue weighted by atomic mass is 9.94. The third-order valence-corrected chi connectivity index (χ3v) is 6.95. The van der Waals surface area contributed by atoms with Crippen LogP contribution in [0.4, 0.5) is 4.79 Å². The van der Waals surface area contributed by atoms with E-state index >= 15 is 0 Å². The molecule has 2 atom stereocenters. The Bertz CT molecular complexity index is 638. The molecule has 1 saturated carbocycles. The highest BCUT2D eigenvalue weighted by Gasteiger charge is 2.36. The first-order valence-corrected chi connectivity index (χ1v) is 13.2. The van der Waals surface area contributed by atoms with Gasteiger partial charge in [-0.15, -0.1) is 0 Å². The van der Waals surface area contributed by atoms with Crippen LogP contribution < -0.4 is 5.32 Å². The maximum absolute atomic E-state index is 13.0. The summed E-state index contributed by atoms with van der Waals surface area (Å²) in [7, 11) is 0. The highest BCUT2D eigenvalue weighted by atomic mass is 16.6. The molecular formula is C26H47N3O4. The van der Waals surface area contributed by atoms with Gasteiger partial charge < -0.3 is 24.6 Å². The minimum Gasteiger partial charge on any atom is -0.444 e. The van der Waals surface area contributed by atoms with E-state index in [-0.39, 0.29) is 12.1 Å². The second-order valence-corrected chi connectivity index (χ2v) is 11.6. The van der Waals surface area contributed by atoms with Gasteiger partial charge in [0.1, 0.15) is 5.60 Å². The molecule has 0 aromatic rings. The summed E-state index contributed by atoms with van der Waals surface area (Å²) in [4.78, 5) is 30.1. The van der Waals surface area contributed by atoms with E-state index in [0.29, 0.717) is 42.9 Å². The van der Waals surface area contributed by atoms with Gasteiger partial charge in [0, 0.05) is 56.9 Å². The van der Waals surface area contributed by atoms with Crippen LogP contribution in [0.5, 0.6) is 0 Å². The zero-order valence-electron chi connectivity index (χ0n) is 21.6. The smallest absolute Gasteiger partial charge is 0.410 e. The molecule has 1 N–H and O–H groups in total. The standard InChI is InChI=1S/C26H47N3O4/c1-19(2)27-21-8-9-22(29(18-21)25(31)33-26(3,4)5)7-6-14-28(23-10-11-23)24(30)17-20-12-15-32-16-13-20/h19-23,27H,6-18H2,1-5H3/t21-,22+/m1/s1. The number of carbonyl (C=O) groups excluding carboxylic acids is 2. The third-order valence-electron chi connectivity index (χ3n) is 6.95. The summed E-state index contributed by atoms with van der Waals surface area (Å²) >= 11 is 0. The van der Waals surface area contributed by atoms with Gasteiger partial charge in [-0.3, -0.25) is 4.79 Å². The number of piperidine rings is 1. The van der Waals surface area contributed by atoms with Crippen LogP contribution >= 0.6 is 0 Å². The molecule has 3 fully saturated rings. The lowest BCUT2D eigenvalue weighted by Crippen LogP contribution is -2.55. The van der Waals surface area contributed by atoms with Gasteiger partial charge >= 0.3 is 6.09 Å². The first kappa shape index (κ1) is 26.3. The van der Waals surface area contributed by atoms with Gasteiger partial charge in [-0.2, -0.15) is 0 Å². The molecule has 33 heavy (non-hydrogen) atoms. The van der Waals surface area contributed by atoms with E-state index in [1.54, 1.807) is 0 Å². The van der Waals surface area contributed by atoms with Crippen LogP contribution in [0.25, 0.3) is 0 Å². The van der Waals surface area contributed by atoms with Gasteiger partial charge in [-0.05, 0) is 78.1 Å². The summed E-state index contributed by atoms with van der Waals surface area (Å²) in [6, 6.07) is 1.31. The van der Waals surface area contributed by atoms with Crippen LogP contribution in [0.3, 0.4) is 0 Å². The van der Waals surface area contributed by atoms with Crippen molar-refractivity contribution in [2.75, 3.05) is 26.3 Å². The fourth-order valence-electron chi connectivity index (χ4n) is 5.19. The molecule has 0 spiro atoms. The molecule has 0 aromatic heterocycles. The number of hydrogen-bond acceptors (Lipinski definition) is 5. The van der Waals surface area contributed by atoms with Crippen LogP contribution in [0.1, 0.15) is 92.4 Å². The molecule has 3 aliphatic rings. The lowest BCUT2D eigenvalue weighted by Gasteiger charge is -2.41. The molecule has 1 aliphatic carbocycles. The Labute approximate surface area is 200 Å². The van der Waals surface area contributed by atoms with E-state index in [9.17, 15) is 9.59 Å². The summed E-state index contributed by atoms with van der Waals surface area (Å²) in [5, 5.41) is 3.59. The summed E-state index contributed by atoms with van der Waals surface area (Å²) < 4.78 is 11.2. The molecular weight excluding hydrogens is 418 g/mol. The van der Waals surface area contributed by atoms with E-state index in [1.165, 1.54) is 0 Å². The molecule has 190 valence electrons. The van der Waals surface area contributed by atoms with Gasteiger partial charge in [0.15, 0.2) is 0 Å². The topological polar surface area (TPSA) is 71.1 Å². The van der Waals surface area contributed by atoms with Crippen molar-refractivity contribution in [3.63, 3.8) is 0 Å². The second-order valence-electron chi connectivity index (χ2n) is 11.6. The highest BCUT2D eigenvalue weighted by molar-refractivity contribution is 5.77. The predicted octanol–water partition coefficient (Wildman–Crippen LogP) is 4.34. The number of hydrogen-bond donors (Lipinski definition) is 1. The number of likely N-dealkylation sites (tertiary alicyclic amines) is 1. The zero-order chi connectivity index (χ0) is 24.0. The second kappa shape index (κ2) is 11.9. The summed E-state index contributed by atoms with van der Waals surface area (Å²) in [5.41, 5.74) is -0.501. The first-order chi connectivity index (χ1) is 15.6. The van der Waals surface area contributed by atoms with E-state index in [1.807, 2.05) is 25.7 Å². The highest BCUT2D eigenvalue weighted by Crippen LogP contribution is 2.31. The first-order valence-electron chi connectivity index (χ1n) is 13.2. The Balaban J connectivity index is 1.53. The maximum atomic E-state index is 13.0. The number of amides is 2. The number of nitrogens with one attached hydrogen (secondary N) is 1. The average Bonchev–Trinajstić information content (AvgIpc) is 3.56. The molecule has 7 heteroatoms. The van der Waals surface area contributed by atoms with Crippen molar-refractivity contribution in [3.05, 3.63) is 0 Å². The molecule has 0 aromatic carbocycles. The minimum atomic E-state index is -0.501. The van der Waals surface area contributed by atoms with Gasteiger partial charge in [0.2, 0.25) is 5.91 Å². The van der Waals surface area contributed by atoms with E-state index in [4.69, 9.17) is 9.47 Å². The third kappa shape index (κ3) is 8.75. The van der Waals surface area contributed by atoms with Crippen molar-refractivity contribution in [1.82, 2.24) is 15.1 Å². The van der Waals surface area contributed by atoms with Crippen molar-refractivity contribution in [2.45, 2.75) is 122 Å². The van der Waals surface area contributed by atoms with E-state index < -0.39 is 5.60 Å². The van der Waals surface area contributed by atoms with Gasteiger partial charge in [0.25, 0.3) is 0 Å². The molecule has 0 radical (unpaired) electrons. The predicted molar refractivity (Wildman–Crippen MR) is 130 cm³/mol. The summed E-state index contributed by atoms with van der Waals surface area (Å²) in [6.45, 7) is 13.1. The van der Waals surface area contributed by atoms with Gasteiger partial charge in [-0.1, -0.05) is 13.8 Å². The molecule has 2 heterocycles. The molecule has 0 bridgehead atoms. The van der Waals surface area contributed by atoms with Gasteiger partial charge in [-0.25, -0.2) is 4.79 Å². The monoisotopic (exact) mass is 465 g/mol. The summed E-state index contributed by atoms with van der Waals surface area (Å²) in [5.74, 6) is 0.789. The summed E-state index contributed by atoms with van der Waals surface area (Å²) in [6.07, 6.45) is 8.62. The van der Waals surface area contributed by atoms with Crippen molar-refractivity contribution in [3.8, 4) is 0 Å².